The van der Waals surface area contributed by atoms with Crippen LogP contribution in [-0.2, 0) is 29.1 Å². The molecule has 1 aliphatic heterocycles. The van der Waals surface area contributed by atoms with E-state index in [2.05, 4.69) is 4.74 Å². The molecule has 4 rings (SSSR count). The van der Waals surface area contributed by atoms with Crippen LogP contribution < -0.4 is 0 Å². The molecule has 7 nitrogen and oxygen atoms in total. The maximum atomic E-state index is 13.2. The van der Waals surface area contributed by atoms with Crippen molar-refractivity contribution in [2.24, 2.45) is 29.6 Å². The predicted molar refractivity (Wildman–Crippen MR) is 82.9 cm³/mol. The lowest BCUT2D eigenvalue weighted by molar-refractivity contribution is -0.154. The summed E-state index contributed by atoms with van der Waals surface area (Å²) in [5, 5.41) is -4.49. The van der Waals surface area contributed by atoms with Crippen LogP contribution in [-0.4, -0.2) is 56.2 Å². The number of esters is 1. The minimum absolute atomic E-state index is 0.170. The molecule has 0 spiro atoms. The second-order valence-corrected chi connectivity index (χ2v) is 9.49. The molecule has 4 aliphatic rings. The molecule has 1 heterocycles. The quantitative estimate of drug-likeness (QED) is 0.395. The van der Waals surface area contributed by atoms with Gasteiger partial charge in [-0.05, 0) is 49.4 Å². The van der Waals surface area contributed by atoms with Gasteiger partial charge in [0, 0.05) is 0 Å². The van der Waals surface area contributed by atoms with Gasteiger partial charge in [-0.1, -0.05) is 0 Å². The summed E-state index contributed by atoms with van der Waals surface area (Å²) in [6.45, 7) is -0.313. The maximum absolute atomic E-state index is 13.2. The Labute approximate surface area is 150 Å². The zero-order valence-electron chi connectivity index (χ0n) is 14.1. The molecule has 3 saturated carbocycles. The maximum Gasteiger partial charge on any atom is 0.402 e. The van der Waals surface area contributed by atoms with Gasteiger partial charge in [0.2, 0.25) is 0 Å². The third-order valence-electron chi connectivity index (χ3n) is 6.40. The fraction of sp³-hybridized carbons (Fsp3) is 0.938. The number of carbonyl (C=O) groups excluding carboxylic acids is 1. The summed E-state index contributed by atoms with van der Waals surface area (Å²) in [5.74, 6) is 0.229. The number of rotatable bonds is 7. The van der Waals surface area contributed by atoms with Crippen LogP contribution in [0.5, 0.6) is 0 Å². The van der Waals surface area contributed by atoms with E-state index in [1.807, 2.05) is 0 Å². The van der Waals surface area contributed by atoms with Crippen LogP contribution in [0.1, 0.15) is 25.7 Å². The van der Waals surface area contributed by atoms with Gasteiger partial charge in [0.05, 0.1) is 25.2 Å². The van der Waals surface area contributed by atoms with E-state index in [0.717, 1.165) is 19.4 Å². The first-order valence-electron chi connectivity index (χ1n) is 8.90. The van der Waals surface area contributed by atoms with Crippen molar-refractivity contribution in [1.82, 2.24) is 0 Å². The molecule has 1 saturated heterocycles. The lowest BCUT2D eigenvalue weighted by Gasteiger charge is -2.31. The third kappa shape index (κ3) is 3.36. The number of carbonyl (C=O) groups is 1. The van der Waals surface area contributed by atoms with E-state index in [0.29, 0.717) is 43.1 Å². The van der Waals surface area contributed by atoms with Crippen molar-refractivity contribution in [3.05, 3.63) is 0 Å². The van der Waals surface area contributed by atoms with Crippen molar-refractivity contribution in [3.8, 4) is 0 Å². The summed E-state index contributed by atoms with van der Waals surface area (Å²) in [4.78, 5) is 12.1. The first kappa shape index (κ1) is 18.5. The van der Waals surface area contributed by atoms with Gasteiger partial charge in [0.1, 0.15) is 6.10 Å². The van der Waals surface area contributed by atoms with Gasteiger partial charge in [0.25, 0.3) is 0 Å². The summed E-state index contributed by atoms with van der Waals surface area (Å²) in [7, 11) is -5.60. The Hall–Kier alpha value is -0.840. The summed E-state index contributed by atoms with van der Waals surface area (Å²) < 4.78 is 71.7. The molecule has 0 aromatic rings. The first-order chi connectivity index (χ1) is 12.2. The molecule has 10 heteroatoms. The van der Waals surface area contributed by atoms with E-state index in [1.165, 1.54) is 0 Å². The predicted octanol–water partition coefficient (Wildman–Crippen LogP) is 1.48. The van der Waals surface area contributed by atoms with Crippen LogP contribution in [0.2, 0.25) is 0 Å². The number of hydrogen-bond donors (Lipinski definition) is 1. The Morgan fingerprint density at radius 1 is 1.15 bits per heavy atom. The van der Waals surface area contributed by atoms with Gasteiger partial charge in [-0.25, -0.2) is 0 Å². The number of alkyl halides is 2. The average molecular weight is 396 g/mol. The first-order valence-corrected chi connectivity index (χ1v) is 10.3. The molecule has 0 aromatic carbocycles. The Morgan fingerprint density at radius 3 is 2.50 bits per heavy atom. The zero-order valence-corrected chi connectivity index (χ0v) is 14.9. The van der Waals surface area contributed by atoms with Crippen LogP contribution in [0.25, 0.3) is 0 Å². The van der Waals surface area contributed by atoms with Crippen LogP contribution in [0, 0.1) is 29.6 Å². The normalized spacial score (nSPS) is 41.3. The van der Waals surface area contributed by atoms with Crippen molar-refractivity contribution in [2.45, 2.75) is 43.1 Å². The molecule has 0 radical (unpaired) electrons. The van der Waals surface area contributed by atoms with Crippen LogP contribution in [0.3, 0.4) is 0 Å². The second kappa shape index (κ2) is 6.35. The Morgan fingerprint density at radius 2 is 1.85 bits per heavy atom. The standard InChI is InChI=1S/C16H22F2O7S/c17-16(18,26(20,21)22)7-25-15(19)9-2-11-8-1-13(12(11)3-9)14(4-8)24-6-10-5-23-10/h8-14H,1-7H2,(H,20,21,22). The van der Waals surface area contributed by atoms with Crippen molar-refractivity contribution < 1.29 is 40.8 Å². The molecule has 4 fully saturated rings. The number of ether oxygens (including phenoxy) is 3. The highest BCUT2D eigenvalue weighted by atomic mass is 32.2. The van der Waals surface area contributed by atoms with Gasteiger partial charge < -0.3 is 14.2 Å². The molecule has 26 heavy (non-hydrogen) atoms. The molecule has 148 valence electrons. The number of epoxide rings is 1. The molecule has 2 bridgehead atoms. The SMILES string of the molecule is O=C(OCC(F)(F)S(=O)(=O)O)C1CC2C3CC(OCC4CO4)C(C3)C2C1. The van der Waals surface area contributed by atoms with Crippen molar-refractivity contribution >= 4 is 16.1 Å². The molecule has 7 atom stereocenters. The summed E-state index contributed by atoms with van der Waals surface area (Å²) >= 11 is 0. The number of hydrogen-bond acceptors (Lipinski definition) is 6. The Bertz CT molecular complexity index is 678. The number of fused-ring (bicyclic) bond motifs is 5. The Balaban J connectivity index is 1.30. The molecule has 7 unspecified atom stereocenters. The third-order valence-corrected chi connectivity index (χ3v) is 7.27. The summed E-state index contributed by atoms with van der Waals surface area (Å²) in [6, 6.07) is 0. The molecule has 3 aliphatic carbocycles. The van der Waals surface area contributed by atoms with Crippen LogP contribution in [0.4, 0.5) is 8.78 Å². The largest absolute Gasteiger partial charge is 0.458 e. The molecule has 0 aromatic heterocycles. The smallest absolute Gasteiger partial charge is 0.402 e. The van der Waals surface area contributed by atoms with E-state index in [1.54, 1.807) is 0 Å². The highest BCUT2D eigenvalue weighted by Crippen LogP contribution is 2.61. The second-order valence-electron chi connectivity index (χ2n) is 7.94. The van der Waals surface area contributed by atoms with Crippen LogP contribution >= 0.6 is 0 Å². The van der Waals surface area contributed by atoms with E-state index >= 15 is 0 Å². The summed E-state index contributed by atoms with van der Waals surface area (Å²) in [5.41, 5.74) is 0. The lowest BCUT2D eigenvalue weighted by Crippen LogP contribution is -2.35. The van der Waals surface area contributed by atoms with E-state index in [9.17, 15) is 22.0 Å². The molecule has 1 N–H and O–H groups in total. The van der Waals surface area contributed by atoms with Gasteiger partial charge in [-0.2, -0.15) is 17.2 Å². The topological polar surface area (TPSA) is 102 Å². The van der Waals surface area contributed by atoms with Crippen molar-refractivity contribution in [2.75, 3.05) is 19.8 Å². The van der Waals surface area contributed by atoms with Crippen molar-refractivity contribution in [3.63, 3.8) is 0 Å². The highest BCUT2D eigenvalue weighted by molar-refractivity contribution is 7.86. The van der Waals surface area contributed by atoms with E-state index in [4.69, 9.17) is 14.0 Å². The minimum atomic E-state index is -5.60. The lowest BCUT2D eigenvalue weighted by atomic mass is 9.80. The fourth-order valence-electron chi connectivity index (χ4n) is 5.13. The van der Waals surface area contributed by atoms with Gasteiger partial charge in [-0.3, -0.25) is 9.35 Å². The van der Waals surface area contributed by atoms with E-state index < -0.39 is 33.9 Å². The number of halogens is 2. The molecular formula is C16H22F2O7S. The minimum Gasteiger partial charge on any atom is -0.458 e. The van der Waals surface area contributed by atoms with Gasteiger partial charge in [-0.15, -0.1) is 0 Å². The van der Waals surface area contributed by atoms with Gasteiger partial charge in [0.15, 0.2) is 6.61 Å². The zero-order chi connectivity index (χ0) is 18.7. The monoisotopic (exact) mass is 396 g/mol. The Kier molecular flexibility index (Phi) is 4.53. The van der Waals surface area contributed by atoms with E-state index in [-0.39, 0.29) is 12.2 Å². The fourth-order valence-corrected chi connectivity index (χ4v) is 5.34. The average Bonchev–Trinajstić information content (AvgIpc) is 3.00. The summed E-state index contributed by atoms with van der Waals surface area (Å²) in [6.07, 6.45) is 3.56. The molecular weight excluding hydrogens is 374 g/mol. The van der Waals surface area contributed by atoms with Crippen LogP contribution in [0.15, 0.2) is 0 Å². The highest BCUT2D eigenvalue weighted by Gasteiger charge is 2.58. The van der Waals surface area contributed by atoms with Crippen molar-refractivity contribution in [1.29, 1.82) is 0 Å². The van der Waals surface area contributed by atoms with Gasteiger partial charge >= 0.3 is 21.3 Å². The molecule has 0 amide bonds.